The largest absolute Gasteiger partial charge is 0.508 e. The van der Waals surface area contributed by atoms with Gasteiger partial charge in [0, 0.05) is 28.7 Å². The van der Waals surface area contributed by atoms with Gasteiger partial charge in [-0.25, -0.2) is 0 Å². The highest BCUT2D eigenvalue weighted by Gasteiger charge is 2.40. The number of aromatic hydroxyl groups is 3. The number of aldehydes is 1. The number of nitrogens with one attached hydrogen (secondary N) is 6. The second kappa shape index (κ2) is 23.1. The minimum atomic E-state index is -1.90. The minimum absolute atomic E-state index is 0.0294. The third-order valence-electron chi connectivity index (χ3n) is 14.6. The van der Waals surface area contributed by atoms with Gasteiger partial charge in [-0.1, -0.05) is 45.0 Å². The number of hydrogen-bond donors (Lipinski definition) is 11. The molecule has 9 atom stereocenters. The average Bonchev–Trinajstić information content (AvgIpc) is 3.48. The number of aliphatic hydroxyl groups is 1. The highest BCUT2D eigenvalue weighted by Crippen LogP contribution is 2.46. The SMILES string of the molecule is Cc1cc2ccc1Oc1cc3cc(c1)[C@@H](NC(=O)[C@H](CC(N)=O)NC(=O)[C@H](NC(=O)[C@@H](CC(C)C)N(C)C)[C@H](O)c1ccc(c(C)c1)O3)C(=O)N[C@H]1C(=O)N[C@H](C(=O)N[C@@H](C=O)c3cc(O)c(C)c(O)c3-c3cc1ccc3O)[C@@H]2C. The van der Waals surface area contributed by atoms with Crippen LogP contribution >= 0.6 is 0 Å². The molecular weight excluding hydrogens is 1030 g/mol. The van der Waals surface area contributed by atoms with E-state index in [1.165, 1.54) is 55.5 Å². The van der Waals surface area contributed by atoms with Crippen molar-refractivity contribution in [2.75, 3.05) is 14.1 Å². The molecule has 420 valence electrons. The van der Waals surface area contributed by atoms with Crippen molar-refractivity contribution < 1.29 is 68.3 Å². The number of nitrogens with two attached hydrogens (primary N) is 1. The molecule has 5 aliphatic rings. The summed E-state index contributed by atoms with van der Waals surface area (Å²) in [7, 11) is 3.36. The monoisotopic (exact) mass is 1100 g/mol. The summed E-state index contributed by atoms with van der Waals surface area (Å²) in [6, 6.07) is 7.48. The van der Waals surface area contributed by atoms with Gasteiger partial charge in [-0.15, -0.1) is 0 Å². The average molecular weight is 1100 g/mol. The van der Waals surface area contributed by atoms with Crippen molar-refractivity contribution in [2.24, 2.45) is 11.7 Å². The summed E-state index contributed by atoms with van der Waals surface area (Å²) in [6.07, 6.45) is -1.90. The van der Waals surface area contributed by atoms with Gasteiger partial charge in [0.25, 0.3) is 0 Å². The van der Waals surface area contributed by atoms with Gasteiger partial charge >= 0.3 is 0 Å². The van der Waals surface area contributed by atoms with Crippen LogP contribution in [0.5, 0.6) is 40.2 Å². The summed E-state index contributed by atoms with van der Waals surface area (Å²) >= 11 is 0. The number of fused-ring (bicyclic) bond motifs is 15. The first kappa shape index (κ1) is 57.2. The van der Waals surface area contributed by atoms with Crippen molar-refractivity contribution in [1.29, 1.82) is 0 Å². The standard InChI is InChI=1S/C58H64N8O14/c1-25(2)15-40(66(7)8)54(74)65-50-52(72)32-11-14-44(27(4)17-32)80-35-19-33-18-34(21-35)79-43-13-10-30(16-26(43)3)28(5)47-55(75)61-39(24-67)36-22-42(69)29(6)51(71)46(36)37-20-31(9-12-41(37)68)48(56(76)62-47)64-57(77)49(33)63-53(73)38(23-45(59)70)60-58(50)78/h9-14,16-22,24-25,28,38-40,47-50,52,68-69,71-72H,15,23H2,1-8H3,(H2,59,70)(H,60,78)(H,61,75)(H,62,76)(H,63,73)(H,64,77)(H,65,74)/t28-,38+,39+,40-,47+,48-,49-,50-,52-/m1/s1. The predicted octanol–water partition coefficient (Wildman–Crippen LogP) is 3.84. The van der Waals surface area contributed by atoms with Gasteiger partial charge in [-0.2, -0.15) is 0 Å². The van der Waals surface area contributed by atoms with E-state index in [2.05, 4.69) is 31.9 Å². The molecule has 0 fully saturated rings. The van der Waals surface area contributed by atoms with Crippen molar-refractivity contribution in [1.82, 2.24) is 36.8 Å². The number of phenols is 3. The maximum Gasteiger partial charge on any atom is 0.248 e. The maximum atomic E-state index is 15.5. The van der Waals surface area contributed by atoms with Crippen molar-refractivity contribution in [2.45, 2.75) is 109 Å². The van der Waals surface area contributed by atoms with E-state index in [1.807, 2.05) is 13.8 Å². The Morgan fingerprint density at radius 3 is 1.89 bits per heavy atom. The second-order valence-electron chi connectivity index (χ2n) is 21.2. The number of amides is 7. The first-order valence-corrected chi connectivity index (χ1v) is 25.8. The number of carbonyl (C=O) groups excluding carboxylic acids is 8. The smallest absolute Gasteiger partial charge is 0.248 e. The molecule has 5 heterocycles. The molecule has 0 saturated heterocycles. The van der Waals surface area contributed by atoms with E-state index >= 15 is 9.59 Å². The molecule has 5 aliphatic heterocycles. The number of carbonyl (C=O) groups is 8. The molecule has 10 rings (SSSR count). The second-order valence-corrected chi connectivity index (χ2v) is 21.2. The number of nitrogens with zero attached hydrogens (tertiary/aromatic N) is 1. The van der Waals surface area contributed by atoms with Crippen molar-refractivity contribution in [3.8, 4) is 51.4 Å². The molecule has 22 nitrogen and oxygen atoms in total. The van der Waals surface area contributed by atoms with Crippen LogP contribution in [0.3, 0.4) is 0 Å². The number of likely N-dealkylation sites (N-methyl/N-ethyl adjacent to an activating group) is 1. The van der Waals surface area contributed by atoms with Crippen molar-refractivity contribution in [3.63, 3.8) is 0 Å². The summed E-state index contributed by atoms with van der Waals surface area (Å²) in [5, 5.41) is 62.0. The van der Waals surface area contributed by atoms with Crippen LogP contribution in [0.1, 0.15) is 108 Å². The van der Waals surface area contributed by atoms with E-state index in [1.54, 1.807) is 64.0 Å². The zero-order chi connectivity index (χ0) is 58.2. The molecule has 0 spiro atoms. The third kappa shape index (κ3) is 11.9. The Morgan fingerprint density at radius 2 is 1.29 bits per heavy atom. The fraction of sp³-hybridized carbons (Fsp3) is 0.345. The van der Waals surface area contributed by atoms with Crippen LogP contribution in [-0.4, -0.2) is 111 Å². The van der Waals surface area contributed by atoms with Crippen molar-refractivity contribution >= 4 is 47.6 Å². The lowest BCUT2D eigenvalue weighted by molar-refractivity contribution is -0.138. The lowest BCUT2D eigenvalue weighted by Crippen LogP contribution is -2.59. The fourth-order valence-corrected chi connectivity index (χ4v) is 10.2. The number of rotatable bonds is 8. The van der Waals surface area contributed by atoms with Crippen LogP contribution in [0.2, 0.25) is 0 Å². The zero-order valence-corrected chi connectivity index (χ0v) is 45.2. The molecule has 5 aromatic carbocycles. The molecule has 0 radical (unpaired) electrons. The Morgan fingerprint density at radius 1 is 0.700 bits per heavy atom. The summed E-state index contributed by atoms with van der Waals surface area (Å²) in [6.45, 7) is 10.2. The Labute approximate surface area is 460 Å². The fourth-order valence-electron chi connectivity index (χ4n) is 10.2. The van der Waals surface area contributed by atoms with Crippen LogP contribution in [0.15, 0.2) is 78.9 Å². The van der Waals surface area contributed by atoms with Gasteiger partial charge in [-0.05, 0) is 135 Å². The van der Waals surface area contributed by atoms with Crippen molar-refractivity contribution in [3.05, 3.63) is 123 Å². The van der Waals surface area contributed by atoms with Gasteiger partial charge in [0.05, 0.1) is 12.5 Å². The lowest BCUT2D eigenvalue weighted by Gasteiger charge is -2.32. The highest BCUT2D eigenvalue weighted by molar-refractivity contribution is 6.00. The third-order valence-corrected chi connectivity index (χ3v) is 14.6. The summed E-state index contributed by atoms with van der Waals surface area (Å²) in [5.74, 6) is -8.79. The molecule has 0 aromatic heterocycles. The number of primary amides is 1. The van der Waals surface area contributed by atoms with Gasteiger partial charge in [0.2, 0.25) is 41.4 Å². The van der Waals surface area contributed by atoms with Gasteiger partial charge in [-0.3, -0.25) is 38.5 Å². The zero-order valence-electron chi connectivity index (χ0n) is 45.2. The maximum absolute atomic E-state index is 15.5. The first-order chi connectivity index (χ1) is 37.8. The van der Waals surface area contributed by atoms with E-state index in [0.29, 0.717) is 29.4 Å². The van der Waals surface area contributed by atoms with Gasteiger partial charge < -0.3 is 72.3 Å². The molecule has 0 unspecified atom stereocenters. The number of benzene rings is 5. The van der Waals surface area contributed by atoms with E-state index in [4.69, 9.17) is 15.2 Å². The number of aliphatic hydroxyl groups excluding tert-OH is 1. The minimum Gasteiger partial charge on any atom is -0.508 e. The Bertz CT molecular complexity index is 3340. The molecule has 0 aliphatic carbocycles. The number of aryl methyl sites for hydroxylation is 2. The molecular formula is C58H64N8O14. The Kier molecular flexibility index (Phi) is 16.5. The van der Waals surface area contributed by atoms with E-state index in [9.17, 15) is 49.2 Å². The molecule has 12 N–H and O–H groups in total. The number of ether oxygens (including phenoxy) is 2. The molecule has 7 amide bonds. The normalized spacial score (nSPS) is 22.5. The molecule has 0 saturated carbocycles. The summed E-state index contributed by atoms with van der Waals surface area (Å²) < 4.78 is 13.0. The van der Waals surface area contributed by atoms with Crippen LogP contribution < -0.4 is 47.1 Å². The van der Waals surface area contributed by atoms with Crippen LogP contribution in [0.25, 0.3) is 11.1 Å². The Balaban J connectivity index is 1.34. The van der Waals surface area contributed by atoms with Gasteiger partial charge in [0.15, 0.2) is 0 Å². The number of hydrogen-bond acceptors (Lipinski definition) is 15. The molecule has 80 heavy (non-hydrogen) atoms. The molecule has 22 heteroatoms. The topological polar surface area (TPSA) is 337 Å². The van der Waals surface area contributed by atoms with Gasteiger partial charge in [0.1, 0.15) is 88.9 Å². The van der Waals surface area contributed by atoms with Crippen LogP contribution in [0, 0.1) is 26.7 Å². The molecule has 5 aromatic rings. The van der Waals surface area contributed by atoms with Crippen LogP contribution in [-0.2, 0) is 38.4 Å². The quantitative estimate of drug-likeness (QED) is 0.0984. The number of phenolic OH excluding ortho intramolecular Hbond substituents is 3. The summed E-state index contributed by atoms with van der Waals surface area (Å²) in [5.41, 5.74) is 6.66. The van der Waals surface area contributed by atoms with E-state index in [0.717, 1.165) is 6.07 Å². The van der Waals surface area contributed by atoms with E-state index < -0.39 is 119 Å². The first-order valence-electron chi connectivity index (χ1n) is 25.8. The van der Waals surface area contributed by atoms with E-state index in [-0.39, 0.29) is 67.9 Å². The van der Waals surface area contributed by atoms with Crippen LogP contribution in [0.4, 0.5) is 0 Å². The highest BCUT2D eigenvalue weighted by atomic mass is 16.5. The lowest BCUT2D eigenvalue weighted by atomic mass is 9.87. The molecule has 11 bridgehead atoms. The Hall–Kier alpha value is -9.02. The summed E-state index contributed by atoms with van der Waals surface area (Å²) in [4.78, 5) is 116. The predicted molar refractivity (Wildman–Crippen MR) is 289 cm³/mol.